The number of benzene rings is 1. The number of nitrogens with zero attached hydrogens (tertiary/aromatic N) is 1. The van der Waals surface area contributed by atoms with Crippen LogP contribution in [0.3, 0.4) is 0 Å². The Morgan fingerprint density at radius 2 is 2.35 bits per heavy atom. The summed E-state index contributed by atoms with van der Waals surface area (Å²) in [5.41, 5.74) is 7.95. The standard InChI is InChI=1S/C12H17N3OS/c1-8(7-17-2)6-14-12-15-10-5-9(13)3-4-11(10)16-12/h3-5,8H,6-7,13H2,1-2H3,(H,14,15). The second-order valence-electron chi connectivity index (χ2n) is 4.19. The minimum Gasteiger partial charge on any atom is -0.424 e. The molecule has 1 aromatic carbocycles. The molecule has 17 heavy (non-hydrogen) atoms. The zero-order valence-corrected chi connectivity index (χ0v) is 10.9. The van der Waals surface area contributed by atoms with Gasteiger partial charge in [-0.25, -0.2) is 0 Å². The van der Waals surface area contributed by atoms with Crippen LogP contribution in [0, 0.1) is 5.92 Å². The van der Waals surface area contributed by atoms with Crippen molar-refractivity contribution in [3.05, 3.63) is 18.2 Å². The van der Waals surface area contributed by atoms with Gasteiger partial charge in [0.25, 0.3) is 6.01 Å². The van der Waals surface area contributed by atoms with Crippen LogP contribution in [0.2, 0.25) is 0 Å². The van der Waals surface area contributed by atoms with Gasteiger partial charge in [0.1, 0.15) is 5.52 Å². The molecule has 5 heteroatoms. The summed E-state index contributed by atoms with van der Waals surface area (Å²) >= 11 is 1.84. The van der Waals surface area contributed by atoms with Gasteiger partial charge in [-0.3, -0.25) is 0 Å². The van der Waals surface area contributed by atoms with Gasteiger partial charge in [0.05, 0.1) is 0 Å². The molecule has 0 saturated carbocycles. The summed E-state index contributed by atoms with van der Waals surface area (Å²) in [4.78, 5) is 4.34. The van der Waals surface area contributed by atoms with Gasteiger partial charge in [-0.1, -0.05) is 6.92 Å². The van der Waals surface area contributed by atoms with Crippen LogP contribution in [0.4, 0.5) is 11.7 Å². The molecule has 0 fully saturated rings. The monoisotopic (exact) mass is 251 g/mol. The van der Waals surface area contributed by atoms with E-state index in [0.717, 1.165) is 23.4 Å². The van der Waals surface area contributed by atoms with Crippen LogP contribution in [0.1, 0.15) is 6.92 Å². The van der Waals surface area contributed by atoms with Crippen molar-refractivity contribution in [1.82, 2.24) is 4.98 Å². The smallest absolute Gasteiger partial charge is 0.295 e. The summed E-state index contributed by atoms with van der Waals surface area (Å²) in [5, 5.41) is 3.21. The molecule has 3 N–H and O–H groups in total. The van der Waals surface area contributed by atoms with Crippen LogP contribution in [-0.4, -0.2) is 23.5 Å². The van der Waals surface area contributed by atoms with Gasteiger partial charge >= 0.3 is 0 Å². The predicted molar refractivity (Wildman–Crippen MR) is 74.5 cm³/mol. The number of fused-ring (bicyclic) bond motifs is 1. The van der Waals surface area contributed by atoms with E-state index >= 15 is 0 Å². The highest BCUT2D eigenvalue weighted by atomic mass is 32.2. The maximum absolute atomic E-state index is 5.69. The van der Waals surface area contributed by atoms with Crippen molar-refractivity contribution in [1.29, 1.82) is 0 Å². The van der Waals surface area contributed by atoms with Crippen molar-refractivity contribution in [2.75, 3.05) is 29.6 Å². The molecule has 0 spiro atoms. The molecule has 2 aromatic rings. The van der Waals surface area contributed by atoms with Crippen molar-refractivity contribution in [3.8, 4) is 0 Å². The third-order valence-corrected chi connectivity index (χ3v) is 3.37. The first-order chi connectivity index (χ1) is 8.19. The van der Waals surface area contributed by atoms with Crippen molar-refractivity contribution < 1.29 is 4.42 Å². The number of thioether (sulfide) groups is 1. The lowest BCUT2D eigenvalue weighted by Gasteiger charge is -2.08. The van der Waals surface area contributed by atoms with Crippen LogP contribution in [0.5, 0.6) is 0 Å². The minimum absolute atomic E-state index is 0.568. The van der Waals surface area contributed by atoms with Crippen LogP contribution in [0.15, 0.2) is 22.6 Å². The number of oxazole rings is 1. The summed E-state index contributed by atoms with van der Waals surface area (Å²) in [5.74, 6) is 1.71. The molecule has 0 saturated heterocycles. The zero-order valence-electron chi connectivity index (χ0n) is 10.1. The quantitative estimate of drug-likeness (QED) is 0.800. The number of nitrogens with two attached hydrogens (primary N) is 1. The largest absolute Gasteiger partial charge is 0.424 e. The molecule has 4 nitrogen and oxygen atoms in total. The zero-order chi connectivity index (χ0) is 12.3. The van der Waals surface area contributed by atoms with E-state index in [2.05, 4.69) is 23.5 Å². The van der Waals surface area contributed by atoms with E-state index in [-0.39, 0.29) is 0 Å². The first-order valence-corrected chi connectivity index (χ1v) is 6.97. The molecule has 0 amide bonds. The predicted octanol–water partition coefficient (Wildman–Crippen LogP) is 2.82. The molecular weight excluding hydrogens is 234 g/mol. The van der Waals surface area contributed by atoms with Crippen molar-refractivity contribution in [2.24, 2.45) is 5.92 Å². The van der Waals surface area contributed by atoms with E-state index in [1.54, 1.807) is 0 Å². The maximum atomic E-state index is 5.69. The van der Waals surface area contributed by atoms with E-state index in [9.17, 15) is 0 Å². The third-order valence-electron chi connectivity index (χ3n) is 2.46. The first-order valence-electron chi connectivity index (χ1n) is 5.58. The highest BCUT2D eigenvalue weighted by Crippen LogP contribution is 2.21. The molecule has 1 unspecified atom stereocenters. The van der Waals surface area contributed by atoms with E-state index in [4.69, 9.17) is 10.2 Å². The minimum atomic E-state index is 0.568. The number of aromatic nitrogens is 1. The number of rotatable bonds is 5. The number of nitrogen functional groups attached to an aromatic ring is 1. The summed E-state index contributed by atoms with van der Waals surface area (Å²) < 4.78 is 5.57. The molecule has 1 atom stereocenters. The summed E-state index contributed by atoms with van der Waals surface area (Å²) in [7, 11) is 0. The Kier molecular flexibility index (Phi) is 3.78. The molecule has 0 aliphatic rings. The second kappa shape index (κ2) is 5.31. The van der Waals surface area contributed by atoms with Crippen LogP contribution in [0.25, 0.3) is 11.1 Å². The van der Waals surface area contributed by atoms with Crippen molar-refractivity contribution in [2.45, 2.75) is 6.92 Å². The van der Waals surface area contributed by atoms with Crippen LogP contribution < -0.4 is 11.1 Å². The van der Waals surface area contributed by atoms with E-state index in [1.165, 1.54) is 0 Å². The SMILES string of the molecule is CSCC(C)CNc1nc2cc(N)ccc2o1. The summed E-state index contributed by atoms with van der Waals surface area (Å²) in [6, 6.07) is 6.04. The van der Waals surface area contributed by atoms with Gasteiger partial charge in [-0.2, -0.15) is 16.7 Å². The number of nitrogens with one attached hydrogen (secondary N) is 1. The van der Waals surface area contributed by atoms with Crippen molar-refractivity contribution >= 4 is 34.6 Å². The van der Waals surface area contributed by atoms with Gasteiger partial charge in [0, 0.05) is 12.2 Å². The molecule has 92 valence electrons. The fourth-order valence-electron chi connectivity index (χ4n) is 1.63. The fourth-order valence-corrected chi connectivity index (χ4v) is 2.31. The molecule has 0 aliphatic carbocycles. The normalized spacial score (nSPS) is 12.8. The van der Waals surface area contributed by atoms with Gasteiger partial charge in [0.15, 0.2) is 5.58 Å². The van der Waals surface area contributed by atoms with E-state index in [1.807, 2.05) is 30.0 Å². The van der Waals surface area contributed by atoms with Crippen LogP contribution >= 0.6 is 11.8 Å². The Bertz CT molecular complexity index is 497. The molecule has 1 heterocycles. The van der Waals surface area contributed by atoms with E-state index in [0.29, 0.717) is 17.6 Å². The van der Waals surface area contributed by atoms with Gasteiger partial charge < -0.3 is 15.5 Å². The number of hydrogen-bond donors (Lipinski definition) is 2. The maximum Gasteiger partial charge on any atom is 0.295 e. The lowest BCUT2D eigenvalue weighted by atomic mass is 10.2. The Balaban J connectivity index is 2.04. The lowest BCUT2D eigenvalue weighted by molar-refractivity contribution is 0.598. The Morgan fingerprint density at radius 1 is 1.53 bits per heavy atom. The first kappa shape index (κ1) is 12.1. The molecular formula is C12H17N3OS. The van der Waals surface area contributed by atoms with E-state index < -0.39 is 0 Å². The topological polar surface area (TPSA) is 64.1 Å². The Labute approximate surface area is 105 Å². The average molecular weight is 251 g/mol. The van der Waals surface area contributed by atoms with Crippen molar-refractivity contribution in [3.63, 3.8) is 0 Å². The second-order valence-corrected chi connectivity index (χ2v) is 5.10. The number of anilines is 2. The number of hydrogen-bond acceptors (Lipinski definition) is 5. The Morgan fingerprint density at radius 3 is 3.12 bits per heavy atom. The average Bonchev–Trinajstić information content (AvgIpc) is 2.68. The van der Waals surface area contributed by atoms with Crippen LogP contribution in [-0.2, 0) is 0 Å². The highest BCUT2D eigenvalue weighted by Gasteiger charge is 2.07. The summed E-state index contributed by atoms with van der Waals surface area (Å²) in [6.45, 7) is 3.06. The third kappa shape index (κ3) is 3.06. The van der Waals surface area contributed by atoms with Gasteiger partial charge in [0.2, 0.25) is 0 Å². The summed E-state index contributed by atoms with van der Waals surface area (Å²) in [6.07, 6.45) is 2.11. The fraction of sp³-hybridized carbons (Fsp3) is 0.417. The van der Waals surface area contributed by atoms with Gasteiger partial charge in [-0.05, 0) is 36.1 Å². The molecule has 0 radical (unpaired) electrons. The molecule has 0 aliphatic heterocycles. The highest BCUT2D eigenvalue weighted by molar-refractivity contribution is 7.98. The lowest BCUT2D eigenvalue weighted by Crippen LogP contribution is -2.13. The molecule has 1 aromatic heterocycles. The molecule has 0 bridgehead atoms. The Hall–Kier alpha value is -1.36. The molecule has 2 rings (SSSR count). The van der Waals surface area contributed by atoms with Gasteiger partial charge in [-0.15, -0.1) is 0 Å².